The Morgan fingerprint density at radius 2 is 2.06 bits per heavy atom. The van der Waals surface area contributed by atoms with Crippen molar-refractivity contribution in [3.05, 3.63) is 22.9 Å². The normalized spacial score (nSPS) is 23.3. The van der Waals surface area contributed by atoms with Crippen molar-refractivity contribution >= 4 is 21.6 Å². The van der Waals surface area contributed by atoms with Gasteiger partial charge in [0.15, 0.2) is 0 Å². The van der Waals surface area contributed by atoms with Crippen LogP contribution in [-0.2, 0) is 0 Å². The summed E-state index contributed by atoms with van der Waals surface area (Å²) in [5.74, 6) is 0. The molecule has 2 fully saturated rings. The first-order chi connectivity index (χ1) is 8.77. The summed E-state index contributed by atoms with van der Waals surface area (Å²) in [5.41, 5.74) is 1.61. The molecule has 18 heavy (non-hydrogen) atoms. The largest absolute Gasteiger partial charge is 0.367 e. The highest BCUT2D eigenvalue weighted by Crippen LogP contribution is 2.32. The van der Waals surface area contributed by atoms with E-state index >= 15 is 0 Å². The molecule has 1 aromatic heterocycles. The molecule has 0 amide bonds. The molecule has 3 rings (SSSR count). The van der Waals surface area contributed by atoms with Crippen LogP contribution in [-0.4, -0.2) is 30.2 Å². The summed E-state index contributed by atoms with van der Waals surface area (Å²) in [6.07, 6.45) is 10.6. The molecule has 2 heterocycles. The molecule has 0 bridgehead atoms. The molecule has 0 radical (unpaired) electrons. The Hall–Kier alpha value is -0.610. The van der Waals surface area contributed by atoms with Crippen LogP contribution in [0.5, 0.6) is 0 Å². The van der Waals surface area contributed by atoms with Gasteiger partial charge in [0.05, 0.1) is 11.9 Å². The van der Waals surface area contributed by atoms with Crippen molar-refractivity contribution in [1.29, 1.82) is 0 Å². The highest BCUT2D eigenvalue weighted by molar-refractivity contribution is 9.10. The van der Waals surface area contributed by atoms with Crippen molar-refractivity contribution in [3.63, 3.8) is 0 Å². The second-order valence-electron chi connectivity index (χ2n) is 5.55. The van der Waals surface area contributed by atoms with Crippen LogP contribution in [0.25, 0.3) is 0 Å². The Kier molecular flexibility index (Phi) is 3.57. The van der Waals surface area contributed by atoms with Crippen LogP contribution in [0.4, 0.5) is 5.69 Å². The van der Waals surface area contributed by atoms with Crippen molar-refractivity contribution in [2.75, 3.05) is 24.5 Å². The molecule has 1 saturated heterocycles. The SMILES string of the molecule is Brc1cncc(N2CCNC3(CCCCC3)C2)c1. The van der Waals surface area contributed by atoms with Gasteiger partial charge in [-0.25, -0.2) is 0 Å². The molecular formula is C14H20BrN3. The van der Waals surface area contributed by atoms with Crippen LogP contribution in [0.3, 0.4) is 0 Å². The summed E-state index contributed by atoms with van der Waals surface area (Å²) in [6.45, 7) is 3.30. The summed E-state index contributed by atoms with van der Waals surface area (Å²) >= 11 is 3.51. The number of nitrogens with zero attached hydrogens (tertiary/aromatic N) is 2. The first kappa shape index (κ1) is 12.4. The van der Waals surface area contributed by atoms with Gasteiger partial charge in [0.1, 0.15) is 0 Å². The molecule has 1 spiro atoms. The van der Waals surface area contributed by atoms with Gasteiger partial charge < -0.3 is 10.2 Å². The van der Waals surface area contributed by atoms with Crippen molar-refractivity contribution in [1.82, 2.24) is 10.3 Å². The van der Waals surface area contributed by atoms with E-state index < -0.39 is 0 Å². The van der Waals surface area contributed by atoms with Gasteiger partial charge in [0.2, 0.25) is 0 Å². The van der Waals surface area contributed by atoms with Crippen LogP contribution >= 0.6 is 15.9 Å². The molecule has 1 aromatic rings. The van der Waals surface area contributed by atoms with Crippen LogP contribution in [0.15, 0.2) is 22.9 Å². The van der Waals surface area contributed by atoms with Gasteiger partial charge in [-0.15, -0.1) is 0 Å². The Morgan fingerprint density at radius 1 is 1.22 bits per heavy atom. The van der Waals surface area contributed by atoms with E-state index in [1.807, 2.05) is 12.4 Å². The van der Waals surface area contributed by atoms with Gasteiger partial charge in [0.25, 0.3) is 0 Å². The average molecular weight is 310 g/mol. The van der Waals surface area contributed by atoms with Crippen molar-refractivity contribution < 1.29 is 0 Å². The number of halogens is 1. The number of pyridine rings is 1. The average Bonchev–Trinajstić information content (AvgIpc) is 2.40. The molecule has 1 aliphatic carbocycles. The third-order valence-corrected chi connectivity index (χ3v) is 4.68. The quantitative estimate of drug-likeness (QED) is 0.864. The summed E-state index contributed by atoms with van der Waals surface area (Å²) in [4.78, 5) is 6.77. The monoisotopic (exact) mass is 309 g/mol. The Labute approximate surface area is 117 Å². The molecular weight excluding hydrogens is 290 g/mol. The fraction of sp³-hybridized carbons (Fsp3) is 0.643. The molecule has 2 aliphatic rings. The lowest BCUT2D eigenvalue weighted by Gasteiger charge is -2.46. The Morgan fingerprint density at radius 3 is 2.83 bits per heavy atom. The van der Waals surface area contributed by atoms with E-state index in [1.165, 1.54) is 37.8 Å². The van der Waals surface area contributed by atoms with Crippen LogP contribution in [0.1, 0.15) is 32.1 Å². The maximum Gasteiger partial charge on any atom is 0.0565 e. The van der Waals surface area contributed by atoms with Crippen LogP contribution in [0.2, 0.25) is 0 Å². The highest BCUT2D eigenvalue weighted by atomic mass is 79.9. The Balaban J connectivity index is 1.77. The molecule has 3 nitrogen and oxygen atoms in total. The highest BCUT2D eigenvalue weighted by Gasteiger charge is 2.36. The number of aromatic nitrogens is 1. The zero-order chi connectivity index (χ0) is 12.4. The fourth-order valence-corrected chi connectivity index (χ4v) is 3.67. The third-order valence-electron chi connectivity index (χ3n) is 4.24. The number of hydrogen-bond donors (Lipinski definition) is 1. The first-order valence-corrected chi connectivity index (χ1v) is 7.67. The second kappa shape index (κ2) is 5.17. The van der Waals surface area contributed by atoms with E-state index in [1.54, 1.807) is 0 Å². The molecule has 1 N–H and O–H groups in total. The van der Waals surface area contributed by atoms with Gasteiger partial charge in [-0.2, -0.15) is 0 Å². The molecule has 4 heteroatoms. The summed E-state index contributed by atoms with van der Waals surface area (Å²) in [5, 5.41) is 3.78. The lowest BCUT2D eigenvalue weighted by Crippen LogP contribution is -2.61. The second-order valence-corrected chi connectivity index (χ2v) is 6.47. The number of piperazine rings is 1. The van der Waals surface area contributed by atoms with Crippen molar-refractivity contribution in [3.8, 4) is 0 Å². The van der Waals surface area contributed by atoms with Gasteiger partial charge in [0, 0.05) is 35.8 Å². The molecule has 98 valence electrons. The smallest absolute Gasteiger partial charge is 0.0565 e. The lowest BCUT2D eigenvalue weighted by molar-refractivity contribution is 0.216. The first-order valence-electron chi connectivity index (χ1n) is 6.88. The van der Waals surface area contributed by atoms with Crippen molar-refractivity contribution in [2.45, 2.75) is 37.6 Å². The maximum absolute atomic E-state index is 4.28. The minimum Gasteiger partial charge on any atom is -0.367 e. The summed E-state index contributed by atoms with van der Waals surface area (Å²) in [6, 6.07) is 2.18. The van der Waals surface area contributed by atoms with Gasteiger partial charge in [-0.05, 0) is 34.8 Å². The Bertz CT molecular complexity index is 410. The number of rotatable bonds is 1. The van der Waals surface area contributed by atoms with E-state index in [-0.39, 0.29) is 0 Å². The lowest BCUT2D eigenvalue weighted by atomic mass is 9.80. The van der Waals surface area contributed by atoms with E-state index in [0.717, 1.165) is 24.1 Å². The van der Waals surface area contributed by atoms with Crippen LogP contribution in [0, 0.1) is 0 Å². The molecule has 0 aromatic carbocycles. The standard InChI is InChI=1S/C14H20BrN3/c15-12-8-13(10-16-9-12)18-7-6-17-14(11-18)4-2-1-3-5-14/h8-10,17H,1-7,11H2. The molecule has 0 unspecified atom stereocenters. The molecule has 1 saturated carbocycles. The van der Waals surface area contributed by atoms with Gasteiger partial charge in [-0.1, -0.05) is 19.3 Å². The van der Waals surface area contributed by atoms with E-state index in [9.17, 15) is 0 Å². The number of anilines is 1. The van der Waals surface area contributed by atoms with Crippen LogP contribution < -0.4 is 10.2 Å². The van der Waals surface area contributed by atoms with E-state index in [4.69, 9.17) is 0 Å². The van der Waals surface area contributed by atoms with Crippen molar-refractivity contribution in [2.24, 2.45) is 0 Å². The minimum atomic E-state index is 0.360. The predicted octanol–water partition coefficient (Wildman–Crippen LogP) is 2.96. The maximum atomic E-state index is 4.28. The number of hydrogen-bond acceptors (Lipinski definition) is 3. The summed E-state index contributed by atoms with van der Waals surface area (Å²) in [7, 11) is 0. The summed E-state index contributed by atoms with van der Waals surface area (Å²) < 4.78 is 1.07. The van der Waals surface area contributed by atoms with Gasteiger partial charge in [-0.3, -0.25) is 4.98 Å². The molecule has 0 atom stereocenters. The fourth-order valence-electron chi connectivity index (χ4n) is 3.31. The third kappa shape index (κ3) is 2.54. The van der Waals surface area contributed by atoms with E-state index in [0.29, 0.717) is 5.54 Å². The van der Waals surface area contributed by atoms with E-state index in [2.05, 4.69) is 37.2 Å². The zero-order valence-corrected chi connectivity index (χ0v) is 12.2. The predicted molar refractivity (Wildman–Crippen MR) is 78.0 cm³/mol. The minimum absolute atomic E-state index is 0.360. The molecule has 1 aliphatic heterocycles. The zero-order valence-electron chi connectivity index (χ0n) is 10.7. The number of nitrogens with one attached hydrogen (secondary N) is 1. The topological polar surface area (TPSA) is 28.2 Å². The van der Waals surface area contributed by atoms with Gasteiger partial charge >= 0.3 is 0 Å².